The summed E-state index contributed by atoms with van der Waals surface area (Å²) in [6.07, 6.45) is 5.30. The molecule has 9 nitrogen and oxygen atoms in total. The molecule has 0 saturated heterocycles. The molecule has 0 aliphatic heterocycles. The van der Waals surface area contributed by atoms with E-state index in [9.17, 15) is 9.90 Å². The van der Waals surface area contributed by atoms with Crippen LogP contribution in [0.15, 0.2) is 65.9 Å². The number of aromatic hydroxyl groups is 1. The molecule has 5 N–H and O–H groups in total. The van der Waals surface area contributed by atoms with Gasteiger partial charge in [0.25, 0.3) is 5.91 Å². The number of hydrogen-bond acceptors (Lipinski definition) is 5. The molecule has 0 aliphatic carbocycles. The van der Waals surface area contributed by atoms with E-state index in [1.807, 2.05) is 55.5 Å². The Bertz CT molecular complexity index is 1460. The number of nitrogens with zero attached hydrogens (tertiary/aromatic N) is 3. The SMILES string of the molecule is Cc1cc(N=Cc2c(O)[nH]c3ccc(Cc4cccc(NC(=O)c5cn[nH]c5)c4)cc23)n[nH]1. The summed E-state index contributed by atoms with van der Waals surface area (Å²) in [5, 5.41) is 27.5. The molecule has 1 amide bonds. The minimum Gasteiger partial charge on any atom is -0.494 e. The molecule has 5 rings (SSSR count). The van der Waals surface area contributed by atoms with Crippen LogP contribution in [0.3, 0.4) is 0 Å². The first kappa shape index (κ1) is 20.3. The highest BCUT2D eigenvalue weighted by molar-refractivity contribution is 6.04. The Morgan fingerprint density at radius 2 is 2.06 bits per heavy atom. The molecular formula is C24H21N7O2. The second kappa shape index (κ2) is 8.46. The van der Waals surface area contributed by atoms with Crippen LogP contribution in [-0.4, -0.2) is 42.6 Å². The van der Waals surface area contributed by atoms with Gasteiger partial charge < -0.3 is 15.4 Å². The highest BCUT2D eigenvalue weighted by atomic mass is 16.3. The number of H-pyrrole nitrogens is 3. The molecule has 0 spiro atoms. The number of rotatable bonds is 6. The number of aromatic amines is 3. The van der Waals surface area contributed by atoms with Crippen LogP contribution in [0.25, 0.3) is 10.9 Å². The van der Waals surface area contributed by atoms with Crippen molar-refractivity contribution in [3.8, 4) is 5.88 Å². The minimum atomic E-state index is -0.221. The lowest BCUT2D eigenvalue weighted by Gasteiger charge is -2.07. The number of hydrogen-bond donors (Lipinski definition) is 5. The first-order chi connectivity index (χ1) is 16.0. The van der Waals surface area contributed by atoms with Crippen LogP contribution in [0, 0.1) is 6.92 Å². The average molecular weight is 439 g/mol. The third kappa shape index (κ3) is 4.38. The highest BCUT2D eigenvalue weighted by Gasteiger charge is 2.11. The zero-order valence-corrected chi connectivity index (χ0v) is 17.8. The molecule has 0 aliphatic rings. The minimum absolute atomic E-state index is 0.0575. The van der Waals surface area contributed by atoms with E-state index in [1.54, 1.807) is 12.4 Å². The molecule has 9 heteroatoms. The van der Waals surface area contributed by atoms with Crippen molar-refractivity contribution in [2.45, 2.75) is 13.3 Å². The van der Waals surface area contributed by atoms with Crippen molar-refractivity contribution < 1.29 is 9.90 Å². The monoisotopic (exact) mass is 439 g/mol. The van der Waals surface area contributed by atoms with Crippen LogP contribution in [-0.2, 0) is 6.42 Å². The molecule has 2 aromatic carbocycles. The first-order valence-corrected chi connectivity index (χ1v) is 10.3. The van der Waals surface area contributed by atoms with Crippen LogP contribution >= 0.6 is 0 Å². The predicted molar refractivity (Wildman–Crippen MR) is 126 cm³/mol. The van der Waals surface area contributed by atoms with Crippen molar-refractivity contribution in [1.29, 1.82) is 0 Å². The van der Waals surface area contributed by atoms with Crippen molar-refractivity contribution in [3.05, 3.63) is 88.9 Å². The second-order valence-electron chi connectivity index (χ2n) is 7.75. The van der Waals surface area contributed by atoms with Crippen molar-refractivity contribution in [2.24, 2.45) is 4.99 Å². The zero-order chi connectivity index (χ0) is 22.8. The van der Waals surface area contributed by atoms with Gasteiger partial charge in [-0.1, -0.05) is 18.2 Å². The van der Waals surface area contributed by atoms with E-state index >= 15 is 0 Å². The number of benzene rings is 2. The van der Waals surface area contributed by atoms with Gasteiger partial charge in [-0.05, 0) is 48.7 Å². The van der Waals surface area contributed by atoms with Gasteiger partial charge in [0.1, 0.15) is 0 Å². The Morgan fingerprint density at radius 3 is 2.85 bits per heavy atom. The van der Waals surface area contributed by atoms with E-state index in [2.05, 4.69) is 35.7 Å². The van der Waals surface area contributed by atoms with Crippen LogP contribution in [0.5, 0.6) is 5.88 Å². The lowest BCUT2D eigenvalue weighted by atomic mass is 10.0. The summed E-state index contributed by atoms with van der Waals surface area (Å²) in [5.74, 6) is 0.384. The molecule has 0 unspecified atom stereocenters. The Morgan fingerprint density at radius 1 is 1.18 bits per heavy atom. The number of carbonyl (C=O) groups excluding carboxylic acids is 1. The van der Waals surface area contributed by atoms with E-state index in [-0.39, 0.29) is 11.8 Å². The summed E-state index contributed by atoms with van der Waals surface area (Å²) in [7, 11) is 0. The molecule has 0 radical (unpaired) electrons. The third-order valence-corrected chi connectivity index (χ3v) is 5.25. The molecule has 0 atom stereocenters. The Kier molecular flexibility index (Phi) is 5.19. The fourth-order valence-corrected chi connectivity index (χ4v) is 3.66. The molecular weight excluding hydrogens is 418 g/mol. The number of fused-ring (bicyclic) bond motifs is 1. The maximum absolute atomic E-state index is 12.3. The number of aryl methyl sites for hydroxylation is 1. The number of carbonyl (C=O) groups is 1. The van der Waals surface area contributed by atoms with Crippen LogP contribution < -0.4 is 5.32 Å². The van der Waals surface area contributed by atoms with Crippen molar-refractivity contribution in [1.82, 2.24) is 25.4 Å². The molecule has 33 heavy (non-hydrogen) atoms. The smallest absolute Gasteiger partial charge is 0.258 e. The van der Waals surface area contributed by atoms with Crippen LogP contribution in [0.4, 0.5) is 11.5 Å². The van der Waals surface area contributed by atoms with E-state index in [4.69, 9.17) is 0 Å². The summed E-state index contributed by atoms with van der Waals surface area (Å²) >= 11 is 0. The van der Waals surface area contributed by atoms with Gasteiger partial charge in [0, 0.05) is 40.8 Å². The van der Waals surface area contributed by atoms with Crippen LogP contribution in [0.1, 0.15) is 32.7 Å². The third-order valence-electron chi connectivity index (χ3n) is 5.25. The summed E-state index contributed by atoms with van der Waals surface area (Å²) in [6, 6.07) is 15.5. The number of nitrogens with one attached hydrogen (secondary N) is 4. The topological polar surface area (TPSA) is 135 Å². The van der Waals surface area contributed by atoms with Gasteiger partial charge in [-0.25, -0.2) is 4.99 Å². The molecule has 0 saturated carbocycles. The number of aromatic nitrogens is 5. The average Bonchev–Trinajstić information content (AvgIpc) is 3.53. The van der Waals surface area contributed by atoms with E-state index < -0.39 is 0 Å². The predicted octanol–water partition coefficient (Wildman–Crippen LogP) is 4.22. The Balaban J connectivity index is 1.38. The first-order valence-electron chi connectivity index (χ1n) is 10.3. The Labute approximate surface area is 188 Å². The Hall–Kier alpha value is -4.66. The van der Waals surface area contributed by atoms with Crippen LogP contribution in [0.2, 0.25) is 0 Å². The van der Waals surface area contributed by atoms with E-state index in [0.717, 1.165) is 27.7 Å². The highest BCUT2D eigenvalue weighted by Crippen LogP contribution is 2.28. The maximum Gasteiger partial charge on any atom is 0.258 e. The molecule has 3 aromatic heterocycles. The zero-order valence-electron chi connectivity index (χ0n) is 17.8. The van der Waals surface area contributed by atoms with Gasteiger partial charge in [-0.3, -0.25) is 15.0 Å². The van der Waals surface area contributed by atoms with Crippen molar-refractivity contribution >= 4 is 34.5 Å². The molecule has 5 aromatic rings. The molecule has 0 fully saturated rings. The number of amides is 1. The summed E-state index contributed by atoms with van der Waals surface area (Å²) in [5.41, 5.74) is 5.62. The quantitative estimate of drug-likeness (QED) is 0.253. The molecule has 164 valence electrons. The normalized spacial score (nSPS) is 11.4. The number of anilines is 1. The fraction of sp³-hybridized carbons (Fsp3) is 0.0833. The largest absolute Gasteiger partial charge is 0.494 e. The molecule has 0 bridgehead atoms. The molecule has 3 heterocycles. The van der Waals surface area contributed by atoms with Crippen molar-refractivity contribution in [2.75, 3.05) is 5.32 Å². The number of aliphatic imine (C=N–C) groups is 1. The van der Waals surface area contributed by atoms with E-state index in [1.165, 1.54) is 6.20 Å². The van der Waals surface area contributed by atoms with Gasteiger partial charge in [0.15, 0.2) is 11.7 Å². The van der Waals surface area contributed by atoms with Gasteiger partial charge in [0.05, 0.1) is 17.3 Å². The maximum atomic E-state index is 12.3. The lowest BCUT2D eigenvalue weighted by molar-refractivity contribution is 0.102. The standard InChI is InChI=1S/C24H21N7O2/c1-14-7-22(31-30-14)25-13-20-19-10-16(5-6-21(19)29-24(20)33)8-15-3-2-4-18(9-15)28-23(32)17-11-26-27-12-17/h2-7,9-13,29,33H,8H2,1H3,(H,26,27)(H,28,32)(H,30,31). The van der Waals surface area contributed by atoms with Gasteiger partial charge in [-0.15, -0.1) is 0 Å². The summed E-state index contributed by atoms with van der Waals surface area (Å²) in [4.78, 5) is 19.6. The summed E-state index contributed by atoms with van der Waals surface area (Å²) in [6.45, 7) is 1.90. The lowest BCUT2D eigenvalue weighted by Crippen LogP contribution is -2.11. The van der Waals surface area contributed by atoms with Gasteiger partial charge >= 0.3 is 0 Å². The van der Waals surface area contributed by atoms with Gasteiger partial charge in [0.2, 0.25) is 0 Å². The van der Waals surface area contributed by atoms with Gasteiger partial charge in [-0.2, -0.15) is 10.2 Å². The van der Waals surface area contributed by atoms with E-state index in [0.29, 0.717) is 29.1 Å². The fourth-order valence-electron chi connectivity index (χ4n) is 3.66. The van der Waals surface area contributed by atoms with Crippen molar-refractivity contribution in [3.63, 3.8) is 0 Å². The second-order valence-corrected chi connectivity index (χ2v) is 7.75. The summed E-state index contributed by atoms with van der Waals surface area (Å²) < 4.78 is 0.